The van der Waals surface area contributed by atoms with Gasteiger partial charge in [0.25, 0.3) is 5.91 Å². The van der Waals surface area contributed by atoms with E-state index >= 15 is 0 Å². The van der Waals surface area contributed by atoms with Crippen LogP contribution in [0.15, 0.2) is 30.3 Å². The zero-order valence-electron chi connectivity index (χ0n) is 24.2. The minimum Gasteiger partial charge on any atom is -0.377 e. The monoisotopic (exact) mass is 571 g/mol. The largest absolute Gasteiger partial charge is 0.377 e. The molecule has 1 aromatic rings. The van der Waals surface area contributed by atoms with E-state index in [2.05, 4.69) is 22.6 Å². The number of likely N-dealkylation sites (tertiary alicyclic amines) is 2. The Kier molecular flexibility index (Phi) is 11.9. The maximum absolute atomic E-state index is 13.2. The Morgan fingerprint density at radius 2 is 1.56 bits per heavy atom. The molecule has 0 radical (unpaired) electrons. The van der Waals surface area contributed by atoms with Gasteiger partial charge >= 0.3 is 0 Å². The standard InChI is InChI=1S/C30H45N5O6/c1-33-13-8-24-19-27(36)32-12-16-40-17-18-41-22-29(38)35(21-28(37)31-11-7-25(24)20-33)26-9-14-34(15-10-26)30(39)23-5-3-2-4-6-23/h2-6,24-26H,7-22H2,1H3,(H,31,37)(H,32,36)/t24-,25-/m0/s1. The van der Waals surface area contributed by atoms with Crippen LogP contribution in [0.1, 0.15) is 42.5 Å². The van der Waals surface area contributed by atoms with Crippen molar-refractivity contribution in [1.82, 2.24) is 25.3 Å². The van der Waals surface area contributed by atoms with Crippen LogP contribution in [0.3, 0.4) is 0 Å². The zero-order valence-corrected chi connectivity index (χ0v) is 24.2. The van der Waals surface area contributed by atoms with Crippen LogP contribution >= 0.6 is 0 Å². The Hall–Kier alpha value is -3.02. The molecule has 3 aliphatic rings. The van der Waals surface area contributed by atoms with Crippen LogP contribution in [-0.4, -0.2) is 124 Å². The smallest absolute Gasteiger partial charge is 0.253 e. The summed E-state index contributed by atoms with van der Waals surface area (Å²) in [5.74, 6) is 0.129. The fourth-order valence-corrected chi connectivity index (χ4v) is 6.07. The number of benzene rings is 1. The number of carbonyl (C=O) groups is 4. The summed E-state index contributed by atoms with van der Waals surface area (Å²) in [6, 6.07) is 9.04. The topological polar surface area (TPSA) is 121 Å². The lowest BCUT2D eigenvalue weighted by atomic mass is 9.81. The number of ether oxygens (including phenoxy) is 2. The maximum Gasteiger partial charge on any atom is 0.253 e. The Morgan fingerprint density at radius 1 is 0.829 bits per heavy atom. The Balaban J connectivity index is 1.37. The van der Waals surface area contributed by atoms with E-state index in [-0.39, 0.29) is 55.3 Å². The van der Waals surface area contributed by atoms with Gasteiger partial charge in [-0.2, -0.15) is 0 Å². The van der Waals surface area contributed by atoms with Crippen LogP contribution in [0, 0.1) is 11.8 Å². The van der Waals surface area contributed by atoms with Gasteiger partial charge in [-0.3, -0.25) is 19.2 Å². The summed E-state index contributed by atoms with van der Waals surface area (Å²) in [6.07, 6.45) is 3.39. The molecule has 1 aromatic carbocycles. The SMILES string of the molecule is CN1CC[C@H]2CC(=O)NCCOCCOCC(=O)N(C3CCN(C(=O)c4ccccc4)CC3)CC(=O)NCC[C@H]2C1. The van der Waals surface area contributed by atoms with E-state index < -0.39 is 0 Å². The molecule has 0 saturated carbocycles. The molecule has 0 aliphatic carbocycles. The lowest BCUT2D eigenvalue weighted by Gasteiger charge is -2.38. The highest BCUT2D eigenvalue weighted by Crippen LogP contribution is 2.28. The summed E-state index contributed by atoms with van der Waals surface area (Å²) in [4.78, 5) is 57.4. The van der Waals surface area contributed by atoms with Gasteiger partial charge < -0.3 is 34.8 Å². The van der Waals surface area contributed by atoms with E-state index in [1.54, 1.807) is 4.90 Å². The van der Waals surface area contributed by atoms with Crippen LogP contribution in [0.5, 0.6) is 0 Å². The second-order valence-electron chi connectivity index (χ2n) is 11.3. The fraction of sp³-hybridized carbons (Fsp3) is 0.667. The van der Waals surface area contributed by atoms with Gasteiger partial charge in [-0.1, -0.05) is 18.2 Å². The molecule has 3 heterocycles. The van der Waals surface area contributed by atoms with Gasteiger partial charge in [0.2, 0.25) is 17.7 Å². The lowest BCUT2D eigenvalue weighted by molar-refractivity contribution is -0.143. The third-order valence-electron chi connectivity index (χ3n) is 8.39. The van der Waals surface area contributed by atoms with Gasteiger partial charge in [0.1, 0.15) is 6.61 Å². The van der Waals surface area contributed by atoms with Gasteiger partial charge in [-0.05, 0) is 63.2 Å². The number of nitrogens with one attached hydrogen (secondary N) is 2. The number of hydrogen-bond donors (Lipinski definition) is 2. The van der Waals surface area contributed by atoms with Crippen LogP contribution in [-0.2, 0) is 23.9 Å². The molecule has 226 valence electrons. The predicted molar refractivity (Wildman–Crippen MR) is 153 cm³/mol. The molecule has 0 bridgehead atoms. The van der Waals surface area contributed by atoms with Crippen molar-refractivity contribution >= 4 is 23.6 Å². The first-order chi connectivity index (χ1) is 19.9. The van der Waals surface area contributed by atoms with Crippen LogP contribution in [0.25, 0.3) is 0 Å². The van der Waals surface area contributed by atoms with Gasteiger partial charge in [0.05, 0.1) is 26.4 Å². The number of carbonyl (C=O) groups excluding carboxylic acids is 4. The minimum absolute atomic E-state index is 0.0180. The molecule has 0 unspecified atom stereocenters. The first-order valence-electron chi connectivity index (χ1n) is 14.9. The second-order valence-corrected chi connectivity index (χ2v) is 11.3. The second kappa shape index (κ2) is 15.8. The highest BCUT2D eigenvalue weighted by atomic mass is 16.5. The van der Waals surface area contributed by atoms with Crippen molar-refractivity contribution < 1.29 is 28.7 Å². The van der Waals surface area contributed by atoms with Crippen LogP contribution in [0.2, 0.25) is 0 Å². The molecule has 3 saturated heterocycles. The number of amides is 4. The van der Waals surface area contributed by atoms with Crippen molar-refractivity contribution in [2.75, 3.05) is 79.3 Å². The molecule has 3 fully saturated rings. The Morgan fingerprint density at radius 3 is 2.34 bits per heavy atom. The van der Waals surface area contributed by atoms with Crippen molar-refractivity contribution in [2.24, 2.45) is 11.8 Å². The highest BCUT2D eigenvalue weighted by molar-refractivity contribution is 5.94. The Labute approximate surface area is 242 Å². The van der Waals surface area contributed by atoms with Crippen molar-refractivity contribution in [3.05, 3.63) is 35.9 Å². The first-order valence-corrected chi connectivity index (χ1v) is 14.9. The van der Waals surface area contributed by atoms with E-state index in [1.807, 2.05) is 35.2 Å². The molecule has 11 heteroatoms. The molecule has 4 amide bonds. The number of piperidine rings is 2. The third kappa shape index (κ3) is 9.51. The van der Waals surface area contributed by atoms with Gasteiger partial charge in [0.15, 0.2) is 0 Å². The van der Waals surface area contributed by atoms with Crippen molar-refractivity contribution in [3.63, 3.8) is 0 Å². The maximum atomic E-state index is 13.2. The first kappa shape index (κ1) is 30.9. The molecule has 2 N–H and O–H groups in total. The van der Waals surface area contributed by atoms with Gasteiger partial charge in [-0.15, -0.1) is 0 Å². The molecule has 11 nitrogen and oxygen atoms in total. The summed E-state index contributed by atoms with van der Waals surface area (Å²) < 4.78 is 11.1. The van der Waals surface area contributed by atoms with Crippen LogP contribution in [0.4, 0.5) is 0 Å². The molecule has 41 heavy (non-hydrogen) atoms. The average molecular weight is 572 g/mol. The predicted octanol–water partition coefficient (Wildman–Crippen LogP) is 0.747. The van der Waals surface area contributed by atoms with E-state index in [1.165, 1.54) is 0 Å². The lowest BCUT2D eigenvalue weighted by Crippen LogP contribution is -2.52. The zero-order chi connectivity index (χ0) is 29.0. The van der Waals surface area contributed by atoms with E-state index in [0.29, 0.717) is 70.1 Å². The van der Waals surface area contributed by atoms with E-state index in [0.717, 1.165) is 25.9 Å². The van der Waals surface area contributed by atoms with Crippen molar-refractivity contribution in [3.8, 4) is 0 Å². The molecule has 0 spiro atoms. The quantitative estimate of drug-likeness (QED) is 0.538. The van der Waals surface area contributed by atoms with Gasteiger partial charge in [-0.25, -0.2) is 0 Å². The summed E-state index contributed by atoms with van der Waals surface area (Å²) in [5.41, 5.74) is 0.649. The van der Waals surface area contributed by atoms with Crippen LogP contribution < -0.4 is 10.6 Å². The number of nitrogens with zero attached hydrogens (tertiary/aromatic N) is 3. The average Bonchev–Trinajstić information content (AvgIpc) is 2.98. The molecule has 4 rings (SSSR count). The molecular weight excluding hydrogens is 526 g/mol. The van der Waals surface area contributed by atoms with Crippen molar-refractivity contribution in [1.29, 1.82) is 0 Å². The number of rotatable bonds is 2. The summed E-state index contributed by atoms with van der Waals surface area (Å²) >= 11 is 0. The van der Waals surface area contributed by atoms with E-state index in [9.17, 15) is 19.2 Å². The molecule has 3 aliphatic heterocycles. The molecule has 2 atom stereocenters. The fourth-order valence-electron chi connectivity index (χ4n) is 6.07. The normalized spacial score (nSPS) is 25.7. The highest BCUT2D eigenvalue weighted by Gasteiger charge is 2.32. The van der Waals surface area contributed by atoms with Gasteiger partial charge in [0, 0.05) is 50.7 Å². The third-order valence-corrected chi connectivity index (χ3v) is 8.39. The van der Waals surface area contributed by atoms with E-state index in [4.69, 9.17) is 9.47 Å². The molecule has 0 aromatic heterocycles. The van der Waals surface area contributed by atoms with Crippen molar-refractivity contribution in [2.45, 2.75) is 38.1 Å². The summed E-state index contributed by atoms with van der Waals surface area (Å²) in [7, 11) is 2.09. The number of hydrogen-bond acceptors (Lipinski definition) is 7. The summed E-state index contributed by atoms with van der Waals surface area (Å²) in [5, 5.41) is 5.96. The Bertz CT molecular complexity index is 1020. The molecular formula is C30H45N5O6. The minimum atomic E-state index is -0.243. The summed E-state index contributed by atoms with van der Waals surface area (Å²) in [6.45, 7) is 4.53. The number of fused-ring (bicyclic) bond motifs is 1.